The van der Waals surface area contributed by atoms with E-state index in [1.807, 2.05) is 31.5 Å². The highest BCUT2D eigenvalue weighted by Gasteiger charge is 2.20. The average Bonchev–Trinajstić information content (AvgIpc) is 3.43. The first-order valence-electron chi connectivity index (χ1n) is 8.53. The minimum absolute atomic E-state index is 0.752. The van der Waals surface area contributed by atoms with Crippen LogP contribution in [-0.2, 0) is 7.05 Å². The van der Waals surface area contributed by atoms with Crippen molar-refractivity contribution >= 4 is 44.7 Å². The van der Waals surface area contributed by atoms with Crippen molar-refractivity contribution in [1.82, 2.24) is 24.7 Å². The molecule has 140 valence electrons. The van der Waals surface area contributed by atoms with Gasteiger partial charge >= 0.3 is 0 Å². The molecule has 0 unspecified atom stereocenters. The van der Waals surface area contributed by atoms with Gasteiger partial charge in [-0.15, -0.1) is 32.9 Å². The van der Waals surface area contributed by atoms with E-state index in [4.69, 9.17) is 9.40 Å². The first-order chi connectivity index (χ1) is 13.6. The van der Waals surface area contributed by atoms with Gasteiger partial charge in [-0.2, -0.15) is 0 Å². The summed E-state index contributed by atoms with van der Waals surface area (Å²) in [4.78, 5) is 11.6. The van der Waals surface area contributed by atoms with E-state index in [2.05, 4.69) is 38.1 Å². The summed E-state index contributed by atoms with van der Waals surface area (Å²) in [6.07, 6.45) is 1.67. The Morgan fingerprint density at radius 3 is 2.71 bits per heavy atom. The van der Waals surface area contributed by atoms with Gasteiger partial charge in [0.1, 0.15) is 21.4 Å². The van der Waals surface area contributed by atoms with Crippen molar-refractivity contribution in [2.24, 2.45) is 7.05 Å². The van der Waals surface area contributed by atoms with E-state index in [0.29, 0.717) is 0 Å². The fraction of sp³-hybridized carbons (Fsp3) is 0.158. The van der Waals surface area contributed by atoms with Crippen LogP contribution in [0.15, 0.2) is 49.8 Å². The molecule has 0 N–H and O–H groups in total. The van der Waals surface area contributed by atoms with Crippen LogP contribution >= 0.6 is 34.4 Å². The molecule has 0 aliphatic heterocycles. The molecule has 5 aromatic rings. The lowest BCUT2D eigenvalue weighted by Crippen LogP contribution is -1.96. The second kappa shape index (κ2) is 6.84. The maximum absolute atomic E-state index is 5.42. The van der Waals surface area contributed by atoms with Gasteiger partial charge in [-0.1, -0.05) is 6.07 Å². The zero-order valence-corrected chi connectivity index (χ0v) is 17.8. The van der Waals surface area contributed by atoms with Gasteiger partial charge in [0.05, 0.1) is 17.2 Å². The molecule has 9 heteroatoms. The fourth-order valence-electron chi connectivity index (χ4n) is 3.04. The van der Waals surface area contributed by atoms with Gasteiger partial charge in [-0.25, -0.2) is 9.97 Å². The molecular weight excluding hydrogens is 410 g/mol. The largest absolute Gasteiger partial charge is 0.469 e. The van der Waals surface area contributed by atoms with Crippen molar-refractivity contribution < 1.29 is 4.42 Å². The molecule has 0 saturated carbocycles. The van der Waals surface area contributed by atoms with Crippen LogP contribution < -0.4 is 0 Å². The van der Waals surface area contributed by atoms with Gasteiger partial charge in [-0.05, 0) is 43.1 Å². The third kappa shape index (κ3) is 2.86. The summed E-state index contributed by atoms with van der Waals surface area (Å²) in [5.74, 6) is 2.35. The van der Waals surface area contributed by atoms with Crippen LogP contribution in [-0.4, -0.2) is 24.7 Å². The smallest absolute Gasteiger partial charge is 0.197 e. The number of thiophene rings is 2. The minimum atomic E-state index is 0.752. The molecule has 5 heterocycles. The number of nitrogens with zero attached hydrogens (tertiary/aromatic N) is 5. The van der Waals surface area contributed by atoms with Gasteiger partial charge in [0.2, 0.25) is 0 Å². The van der Waals surface area contributed by atoms with Gasteiger partial charge in [0, 0.05) is 22.9 Å². The predicted octanol–water partition coefficient (Wildman–Crippen LogP) is 5.58. The number of aromatic nitrogens is 5. The summed E-state index contributed by atoms with van der Waals surface area (Å²) < 4.78 is 7.39. The Balaban J connectivity index is 1.62. The molecule has 0 atom stereocenters. The second-order valence-electron chi connectivity index (χ2n) is 6.24. The molecule has 0 aliphatic carbocycles. The molecule has 0 amide bonds. The first-order valence-corrected chi connectivity index (χ1v) is 11.1. The molecule has 0 bridgehead atoms. The summed E-state index contributed by atoms with van der Waals surface area (Å²) in [6.45, 7) is 3.85. The number of aryl methyl sites for hydroxylation is 2. The number of furan rings is 1. The lowest BCUT2D eigenvalue weighted by atomic mass is 10.2. The van der Waals surface area contributed by atoms with E-state index < -0.39 is 0 Å². The summed E-state index contributed by atoms with van der Waals surface area (Å²) in [6, 6.07) is 6.10. The van der Waals surface area contributed by atoms with E-state index in [1.165, 1.54) is 22.2 Å². The lowest BCUT2D eigenvalue weighted by molar-refractivity contribution is 0.534. The molecular formula is C19H15N5OS3. The van der Waals surface area contributed by atoms with Crippen LogP contribution in [0.1, 0.15) is 11.6 Å². The Morgan fingerprint density at radius 2 is 1.96 bits per heavy atom. The predicted molar refractivity (Wildman–Crippen MR) is 113 cm³/mol. The number of rotatable bonds is 4. The topological polar surface area (TPSA) is 69.6 Å². The van der Waals surface area contributed by atoms with Gasteiger partial charge < -0.3 is 8.98 Å². The Kier molecular flexibility index (Phi) is 4.30. The van der Waals surface area contributed by atoms with Crippen molar-refractivity contribution in [3.05, 3.63) is 46.8 Å². The summed E-state index contributed by atoms with van der Waals surface area (Å²) in [5, 5.41) is 15.8. The van der Waals surface area contributed by atoms with Crippen LogP contribution in [0.25, 0.3) is 32.0 Å². The average molecular weight is 426 g/mol. The van der Waals surface area contributed by atoms with Gasteiger partial charge in [0.15, 0.2) is 11.0 Å². The molecule has 5 rings (SSSR count). The fourth-order valence-corrected chi connectivity index (χ4v) is 5.88. The highest BCUT2D eigenvalue weighted by molar-refractivity contribution is 7.99. The zero-order chi connectivity index (χ0) is 19.3. The summed E-state index contributed by atoms with van der Waals surface area (Å²) >= 11 is 4.88. The lowest BCUT2D eigenvalue weighted by Gasteiger charge is -2.06. The van der Waals surface area contributed by atoms with Crippen LogP contribution in [0.4, 0.5) is 0 Å². The Morgan fingerprint density at radius 1 is 1.07 bits per heavy atom. The number of hydrogen-bond acceptors (Lipinski definition) is 8. The van der Waals surface area contributed by atoms with Crippen molar-refractivity contribution in [3.63, 3.8) is 0 Å². The Labute approximate surface area is 173 Å². The van der Waals surface area contributed by atoms with E-state index in [-0.39, 0.29) is 0 Å². The maximum Gasteiger partial charge on any atom is 0.197 e. The molecule has 0 radical (unpaired) electrons. The van der Waals surface area contributed by atoms with Crippen LogP contribution in [0, 0.1) is 13.8 Å². The van der Waals surface area contributed by atoms with Gasteiger partial charge in [-0.3, -0.25) is 0 Å². The second-order valence-corrected chi connectivity index (χ2v) is 9.00. The monoisotopic (exact) mass is 425 g/mol. The van der Waals surface area contributed by atoms with Gasteiger partial charge in [0.25, 0.3) is 0 Å². The van der Waals surface area contributed by atoms with Crippen molar-refractivity contribution in [1.29, 1.82) is 0 Å². The highest BCUT2D eigenvalue weighted by Crippen LogP contribution is 2.41. The standard InChI is InChI=1S/C19H15N5OS3/c1-10-12(6-7-25-10)16-22-23-19(24(16)3)28-18-15-13(14-5-4-8-26-14)9-27-17(15)20-11(2)21-18/h4-9H,1-3H3. The molecule has 28 heavy (non-hydrogen) atoms. The van der Waals surface area contributed by atoms with Crippen LogP contribution in [0.3, 0.4) is 0 Å². The molecule has 0 spiro atoms. The minimum Gasteiger partial charge on any atom is -0.469 e. The quantitative estimate of drug-likeness (QED) is 0.350. The molecule has 6 nitrogen and oxygen atoms in total. The third-order valence-electron chi connectivity index (χ3n) is 4.42. The number of fused-ring (bicyclic) bond motifs is 1. The van der Waals surface area contributed by atoms with Crippen LogP contribution in [0.5, 0.6) is 0 Å². The van der Waals surface area contributed by atoms with E-state index in [9.17, 15) is 0 Å². The molecule has 5 aromatic heterocycles. The first kappa shape index (κ1) is 17.6. The molecule has 0 aromatic carbocycles. The Bertz CT molecular complexity index is 1280. The van der Waals surface area contributed by atoms with E-state index in [0.717, 1.165) is 43.4 Å². The SMILES string of the molecule is Cc1nc(Sc2nnc(-c3ccoc3C)n2C)c2c(-c3cccs3)csc2n1. The van der Waals surface area contributed by atoms with E-state index in [1.54, 1.807) is 28.9 Å². The maximum atomic E-state index is 5.42. The molecule has 0 aliphatic rings. The Hall–Kier alpha value is -2.49. The molecule has 0 saturated heterocycles. The zero-order valence-electron chi connectivity index (χ0n) is 15.3. The van der Waals surface area contributed by atoms with Crippen molar-refractivity contribution in [3.8, 4) is 21.8 Å². The van der Waals surface area contributed by atoms with Crippen molar-refractivity contribution in [2.45, 2.75) is 24.0 Å². The third-order valence-corrected chi connectivity index (χ3v) is 7.22. The van der Waals surface area contributed by atoms with Crippen LogP contribution in [0.2, 0.25) is 0 Å². The highest BCUT2D eigenvalue weighted by atomic mass is 32.2. The normalized spacial score (nSPS) is 11.5. The number of hydrogen-bond donors (Lipinski definition) is 0. The summed E-state index contributed by atoms with van der Waals surface area (Å²) in [7, 11) is 1.96. The van der Waals surface area contributed by atoms with Crippen molar-refractivity contribution in [2.75, 3.05) is 0 Å². The molecule has 0 fully saturated rings. The van der Waals surface area contributed by atoms with E-state index >= 15 is 0 Å². The summed E-state index contributed by atoms with van der Waals surface area (Å²) in [5.41, 5.74) is 2.12.